The van der Waals surface area contributed by atoms with Crippen LogP contribution in [-0.4, -0.2) is 0 Å². The second-order valence-electron chi connectivity index (χ2n) is 4.19. The van der Waals surface area contributed by atoms with Crippen LogP contribution in [0.3, 0.4) is 0 Å². The normalized spacial score (nSPS) is 16.9. The first-order valence-corrected chi connectivity index (χ1v) is 5.54. The van der Waals surface area contributed by atoms with Crippen molar-refractivity contribution in [1.82, 2.24) is 0 Å². The van der Waals surface area contributed by atoms with E-state index < -0.39 is 11.7 Å². The van der Waals surface area contributed by atoms with Gasteiger partial charge >= 0.3 is 6.18 Å². The van der Waals surface area contributed by atoms with Crippen LogP contribution in [0.2, 0.25) is 0 Å². The third kappa shape index (κ3) is 2.60. The molecule has 0 aliphatic heterocycles. The van der Waals surface area contributed by atoms with Crippen molar-refractivity contribution in [2.24, 2.45) is 0 Å². The first-order valence-electron chi connectivity index (χ1n) is 5.54. The summed E-state index contributed by atoms with van der Waals surface area (Å²) < 4.78 is 37.2. The zero-order valence-electron chi connectivity index (χ0n) is 9.35. The molecule has 1 aliphatic carbocycles. The molecule has 3 heteroatoms. The van der Waals surface area contributed by atoms with Crippen LogP contribution >= 0.6 is 0 Å². The number of halogens is 3. The molecule has 0 amide bonds. The van der Waals surface area contributed by atoms with Crippen LogP contribution in [-0.2, 0) is 6.18 Å². The summed E-state index contributed by atoms with van der Waals surface area (Å²) >= 11 is 0. The number of hydrogen-bond donors (Lipinski definition) is 0. The van der Waals surface area contributed by atoms with Gasteiger partial charge in [0.1, 0.15) is 0 Å². The van der Waals surface area contributed by atoms with Crippen LogP contribution in [0.4, 0.5) is 13.2 Å². The molecule has 0 heterocycles. The van der Waals surface area contributed by atoms with E-state index >= 15 is 0 Å². The Labute approximate surface area is 98.5 Å². The predicted molar refractivity (Wildman–Crippen MR) is 62.4 cm³/mol. The van der Waals surface area contributed by atoms with E-state index in [-0.39, 0.29) is 0 Å². The molecule has 0 fully saturated rings. The molecule has 0 radical (unpaired) electrons. The summed E-state index contributed by atoms with van der Waals surface area (Å²) in [5, 5.41) is 0. The molecule has 0 aromatic heterocycles. The molecular weight excluding hydrogens is 225 g/mol. The fourth-order valence-electron chi connectivity index (χ4n) is 2.00. The van der Waals surface area contributed by atoms with Gasteiger partial charge in [-0.1, -0.05) is 24.8 Å². The molecule has 90 valence electrons. The maximum atomic E-state index is 12.4. The summed E-state index contributed by atoms with van der Waals surface area (Å²) in [6, 6.07) is 5.28. The Kier molecular flexibility index (Phi) is 3.09. The smallest absolute Gasteiger partial charge is 0.166 e. The lowest BCUT2D eigenvalue weighted by Gasteiger charge is -2.16. The van der Waals surface area contributed by atoms with E-state index in [0.717, 1.165) is 48.1 Å². The molecule has 0 N–H and O–H groups in total. The lowest BCUT2D eigenvalue weighted by Crippen LogP contribution is -2.04. The first kappa shape index (κ1) is 12.0. The fraction of sp³-hybridized carbons (Fsp3) is 0.286. The lowest BCUT2D eigenvalue weighted by atomic mass is 9.89. The second kappa shape index (κ2) is 4.40. The minimum atomic E-state index is -4.27. The van der Waals surface area contributed by atoms with Gasteiger partial charge in [-0.15, -0.1) is 0 Å². The largest absolute Gasteiger partial charge is 0.416 e. The van der Waals surface area contributed by atoms with E-state index in [2.05, 4.69) is 12.7 Å². The molecule has 0 saturated carbocycles. The van der Waals surface area contributed by atoms with Gasteiger partial charge in [0, 0.05) is 0 Å². The number of benzene rings is 1. The maximum Gasteiger partial charge on any atom is 0.416 e. The van der Waals surface area contributed by atoms with E-state index in [1.807, 2.05) is 0 Å². The van der Waals surface area contributed by atoms with Crippen molar-refractivity contribution in [2.75, 3.05) is 0 Å². The number of hydrogen-bond acceptors (Lipinski definition) is 0. The van der Waals surface area contributed by atoms with Crippen LogP contribution in [0.15, 0.2) is 42.5 Å². The van der Waals surface area contributed by atoms with Crippen LogP contribution in [0, 0.1) is 0 Å². The molecule has 0 nitrogen and oxygen atoms in total. The third-order valence-corrected chi connectivity index (χ3v) is 2.94. The van der Waals surface area contributed by atoms with Gasteiger partial charge in [0.05, 0.1) is 5.56 Å². The zero-order valence-corrected chi connectivity index (χ0v) is 9.35. The summed E-state index contributed by atoms with van der Waals surface area (Å²) in [5.74, 6) is 0. The van der Waals surface area contributed by atoms with E-state index in [1.54, 1.807) is 0 Å². The highest BCUT2D eigenvalue weighted by Crippen LogP contribution is 2.33. The molecule has 17 heavy (non-hydrogen) atoms. The molecular formula is C14H13F3. The predicted octanol–water partition coefficient (Wildman–Crippen LogP) is 4.83. The Morgan fingerprint density at radius 2 is 1.71 bits per heavy atom. The van der Waals surface area contributed by atoms with Crippen LogP contribution in [0.25, 0.3) is 5.57 Å². The van der Waals surface area contributed by atoms with Crippen molar-refractivity contribution >= 4 is 5.57 Å². The Hall–Kier alpha value is -1.51. The summed E-state index contributed by atoms with van der Waals surface area (Å²) in [7, 11) is 0. The number of rotatable bonds is 1. The quantitative estimate of drug-likeness (QED) is 0.657. The van der Waals surface area contributed by atoms with Crippen molar-refractivity contribution in [1.29, 1.82) is 0 Å². The molecule has 0 spiro atoms. The molecule has 0 unspecified atom stereocenters. The summed E-state index contributed by atoms with van der Waals surface area (Å²) in [6.45, 7) is 3.95. The SMILES string of the molecule is C=C1CCCC=C1c1ccc(C(F)(F)F)cc1. The van der Waals surface area contributed by atoms with Gasteiger partial charge in [0.25, 0.3) is 0 Å². The standard InChI is InChI=1S/C14H13F3/c1-10-4-2-3-5-13(10)11-6-8-12(9-7-11)14(15,16)17/h5-9H,1-4H2. The molecule has 1 aromatic rings. The van der Waals surface area contributed by atoms with Gasteiger partial charge < -0.3 is 0 Å². The Morgan fingerprint density at radius 3 is 2.24 bits per heavy atom. The van der Waals surface area contributed by atoms with Gasteiger partial charge in [-0.2, -0.15) is 13.2 Å². The molecule has 0 bridgehead atoms. The monoisotopic (exact) mass is 238 g/mol. The van der Waals surface area contributed by atoms with Gasteiger partial charge in [0.15, 0.2) is 0 Å². The van der Waals surface area contributed by atoms with Crippen molar-refractivity contribution < 1.29 is 13.2 Å². The molecule has 1 aliphatic rings. The average molecular weight is 238 g/mol. The summed E-state index contributed by atoms with van der Waals surface area (Å²) in [4.78, 5) is 0. The highest BCUT2D eigenvalue weighted by molar-refractivity contribution is 5.79. The first-order chi connectivity index (χ1) is 7.98. The average Bonchev–Trinajstić information content (AvgIpc) is 2.29. The van der Waals surface area contributed by atoms with E-state index in [9.17, 15) is 13.2 Å². The summed E-state index contributed by atoms with van der Waals surface area (Å²) in [6.07, 6.45) is 0.746. The Bertz CT molecular complexity index is 449. The van der Waals surface area contributed by atoms with Crippen molar-refractivity contribution in [3.63, 3.8) is 0 Å². The highest BCUT2D eigenvalue weighted by Gasteiger charge is 2.30. The van der Waals surface area contributed by atoms with E-state index in [0.29, 0.717) is 0 Å². The lowest BCUT2D eigenvalue weighted by molar-refractivity contribution is -0.137. The number of allylic oxidation sites excluding steroid dienone is 3. The minimum absolute atomic E-state index is 0.608. The molecule has 0 saturated heterocycles. The van der Waals surface area contributed by atoms with Gasteiger partial charge in [-0.3, -0.25) is 0 Å². The third-order valence-electron chi connectivity index (χ3n) is 2.94. The Morgan fingerprint density at radius 1 is 1.06 bits per heavy atom. The van der Waals surface area contributed by atoms with Crippen molar-refractivity contribution in [2.45, 2.75) is 25.4 Å². The molecule has 2 rings (SSSR count). The van der Waals surface area contributed by atoms with Crippen molar-refractivity contribution in [3.8, 4) is 0 Å². The van der Waals surface area contributed by atoms with Crippen LogP contribution in [0.1, 0.15) is 30.4 Å². The maximum absolute atomic E-state index is 12.4. The Balaban J connectivity index is 2.30. The molecule has 1 aromatic carbocycles. The van der Waals surface area contributed by atoms with Gasteiger partial charge in [0.2, 0.25) is 0 Å². The second-order valence-corrected chi connectivity index (χ2v) is 4.19. The van der Waals surface area contributed by atoms with Gasteiger partial charge in [-0.25, -0.2) is 0 Å². The molecule has 0 atom stereocenters. The van der Waals surface area contributed by atoms with Crippen LogP contribution < -0.4 is 0 Å². The highest BCUT2D eigenvalue weighted by atomic mass is 19.4. The fourth-order valence-corrected chi connectivity index (χ4v) is 2.00. The minimum Gasteiger partial charge on any atom is -0.166 e. The van der Waals surface area contributed by atoms with E-state index in [4.69, 9.17) is 0 Å². The van der Waals surface area contributed by atoms with Crippen molar-refractivity contribution in [3.05, 3.63) is 53.6 Å². The van der Waals surface area contributed by atoms with Gasteiger partial charge in [-0.05, 0) is 48.1 Å². The van der Waals surface area contributed by atoms with Crippen LogP contribution in [0.5, 0.6) is 0 Å². The zero-order chi connectivity index (χ0) is 12.5. The number of alkyl halides is 3. The van der Waals surface area contributed by atoms with E-state index in [1.165, 1.54) is 12.1 Å². The summed E-state index contributed by atoms with van der Waals surface area (Å²) in [5.41, 5.74) is 2.21. The topological polar surface area (TPSA) is 0 Å².